The number of nitrogens with one attached hydrogen (secondary N) is 1. The molecule has 7 nitrogen and oxygen atoms in total. The number of amides is 3. The van der Waals surface area contributed by atoms with Crippen LogP contribution in [0, 0.1) is 11.8 Å². The topological polar surface area (TPSA) is 79.0 Å². The lowest BCUT2D eigenvalue weighted by molar-refractivity contribution is -0.126. The lowest BCUT2D eigenvalue weighted by Gasteiger charge is -2.31. The summed E-state index contributed by atoms with van der Waals surface area (Å²) < 4.78 is 4.73. The second-order valence-electron chi connectivity index (χ2n) is 6.89. The molecular weight excluding hydrogens is 334 g/mol. The van der Waals surface area contributed by atoms with Gasteiger partial charge in [0.15, 0.2) is 0 Å². The minimum absolute atomic E-state index is 0.0114. The number of rotatable bonds is 4. The molecule has 0 aliphatic carbocycles. The lowest BCUT2D eigenvalue weighted by Crippen LogP contribution is -2.42. The number of benzene rings is 1. The van der Waals surface area contributed by atoms with Gasteiger partial charge in [0, 0.05) is 38.3 Å². The fourth-order valence-corrected chi connectivity index (χ4v) is 3.58. The number of para-hydroxylation sites is 1. The van der Waals surface area contributed by atoms with E-state index in [1.54, 1.807) is 9.80 Å². The maximum absolute atomic E-state index is 12.5. The van der Waals surface area contributed by atoms with E-state index in [0.717, 1.165) is 18.5 Å². The first kappa shape index (κ1) is 18.2. The van der Waals surface area contributed by atoms with Crippen LogP contribution in [0.4, 0.5) is 10.5 Å². The van der Waals surface area contributed by atoms with E-state index in [0.29, 0.717) is 32.1 Å². The van der Waals surface area contributed by atoms with Gasteiger partial charge in [0.05, 0.1) is 13.0 Å². The van der Waals surface area contributed by atoms with E-state index in [1.807, 2.05) is 30.3 Å². The van der Waals surface area contributed by atoms with Crippen LogP contribution in [0.5, 0.6) is 0 Å². The highest BCUT2D eigenvalue weighted by Gasteiger charge is 2.35. The van der Waals surface area contributed by atoms with E-state index in [2.05, 4.69) is 5.32 Å². The third kappa shape index (κ3) is 4.15. The zero-order valence-corrected chi connectivity index (χ0v) is 15.0. The fourth-order valence-electron chi connectivity index (χ4n) is 3.58. The van der Waals surface area contributed by atoms with Gasteiger partial charge < -0.3 is 19.9 Å². The van der Waals surface area contributed by atoms with E-state index in [-0.39, 0.29) is 30.2 Å². The SMILES string of the molecule is COC(=O)N1CCC(CNC(=O)C2CC(=O)N(c3ccccc3)C2)CC1. The van der Waals surface area contributed by atoms with Crippen LogP contribution in [0.15, 0.2) is 30.3 Å². The number of ether oxygens (including phenoxy) is 1. The molecule has 26 heavy (non-hydrogen) atoms. The molecular formula is C19H25N3O4. The number of hydrogen-bond donors (Lipinski definition) is 1. The second-order valence-corrected chi connectivity index (χ2v) is 6.89. The number of hydrogen-bond acceptors (Lipinski definition) is 4. The van der Waals surface area contributed by atoms with Crippen LogP contribution >= 0.6 is 0 Å². The number of carbonyl (C=O) groups is 3. The first-order valence-electron chi connectivity index (χ1n) is 9.04. The van der Waals surface area contributed by atoms with Crippen molar-refractivity contribution in [3.8, 4) is 0 Å². The number of anilines is 1. The Balaban J connectivity index is 1.45. The van der Waals surface area contributed by atoms with Crippen molar-refractivity contribution < 1.29 is 19.1 Å². The molecule has 7 heteroatoms. The Labute approximate surface area is 153 Å². The summed E-state index contributed by atoms with van der Waals surface area (Å²) in [5.74, 6) is -0.0324. The molecule has 2 aliphatic heterocycles. The summed E-state index contributed by atoms with van der Waals surface area (Å²) >= 11 is 0. The van der Waals surface area contributed by atoms with Crippen molar-refractivity contribution in [2.45, 2.75) is 19.3 Å². The maximum atomic E-state index is 12.5. The van der Waals surface area contributed by atoms with Crippen molar-refractivity contribution >= 4 is 23.6 Å². The molecule has 1 N–H and O–H groups in total. The quantitative estimate of drug-likeness (QED) is 0.886. The molecule has 2 fully saturated rings. The van der Waals surface area contributed by atoms with Crippen LogP contribution in [-0.4, -0.2) is 56.1 Å². The molecule has 3 amide bonds. The zero-order valence-electron chi connectivity index (χ0n) is 15.0. The van der Waals surface area contributed by atoms with Crippen LogP contribution in [-0.2, 0) is 14.3 Å². The summed E-state index contributed by atoms with van der Waals surface area (Å²) in [7, 11) is 1.39. The highest BCUT2D eigenvalue weighted by Crippen LogP contribution is 2.25. The number of methoxy groups -OCH3 is 1. The maximum Gasteiger partial charge on any atom is 0.409 e. The first-order valence-corrected chi connectivity index (χ1v) is 9.04. The third-order valence-corrected chi connectivity index (χ3v) is 5.18. The Hall–Kier alpha value is -2.57. The van der Waals surface area contributed by atoms with Gasteiger partial charge in [-0.3, -0.25) is 9.59 Å². The minimum Gasteiger partial charge on any atom is -0.453 e. The molecule has 0 spiro atoms. The molecule has 2 heterocycles. The van der Waals surface area contributed by atoms with Gasteiger partial charge in [-0.25, -0.2) is 4.79 Å². The summed E-state index contributed by atoms with van der Waals surface area (Å²) in [6.07, 6.45) is 1.64. The summed E-state index contributed by atoms with van der Waals surface area (Å²) in [5.41, 5.74) is 0.836. The number of nitrogens with zero attached hydrogens (tertiary/aromatic N) is 2. The van der Waals surface area contributed by atoms with E-state index >= 15 is 0 Å². The Morgan fingerprint density at radius 3 is 2.54 bits per heavy atom. The third-order valence-electron chi connectivity index (χ3n) is 5.18. The van der Waals surface area contributed by atoms with E-state index in [1.165, 1.54) is 7.11 Å². The molecule has 0 saturated carbocycles. The Morgan fingerprint density at radius 1 is 1.19 bits per heavy atom. The van der Waals surface area contributed by atoms with Gasteiger partial charge in [-0.2, -0.15) is 0 Å². The smallest absolute Gasteiger partial charge is 0.409 e. The van der Waals surface area contributed by atoms with Gasteiger partial charge >= 0.3 is 6.09 Å². The molecule has 0 bridgehead atoms. The van der Waals surface area contributed by atoms with Crippen LogP contribution in [0.25, 0.3) is 0 Å². The highest BCUT2D eigenvalue weighted by atomic mass is 16.5. The average Bonchev–Trinajstić information content (AvgIpc) is 3.08. The van der Waals surface area contributed by atoms with E-state index in [9.17, 15) is 14.4 Å². The van der Waals surface area contributed by atoms with Crippen molar-refractivity contribution in [3.63, 3.8) is 0 Å². The monoisotopic (exact) mass is 359 g/mol. The Morgan fingerprint density at radius 2 is 1.88 bits per heavy atom. The van der Waals surface area contributed by atoms with E-state index in [4.69, 9.17) is 4.74 Å². The van der Waals surface area contributed by atoms with Crippen molar-refractivity contribution in [3.05, 3.63) is 30.3 Å². The highest BCUT2D eigenvalue weighted by molar-refractivity contribution is 6.00. The Kier molecular flexibility index (Phi) is 5.75. The van der Waals surface area contributed by atoms with Gasteiger partial charge in [-0.15, -0.1) is 0 Å². The van der Waals surface area contributed by atoms with Crippen molar-refractivity contribution in [2.75, 3.05) is 38.2 Å². The Bertz CT molecular complexity index is 656. The summed E-state index contributed by atoms with van der Waals surface area (Å²) in [4.78, 5) is 39.5. The van der Waals surface area contributed by atoms with Crippen LogP contribution in [0.1, 0.15) is 19.3 Å². The van der Waals surface area contributed by atoms with Crippen molar-refractivity contribution in [1.82, 2.24) is 10.2 Å². The first-order chi connectivity index (χ1) is 12.6. The molecule has 0 aromatic heterocycles. The number of piperidine rings is 1. The molecule has 2 saturated heterocycles. The van der Waals surface area contributed by atoms with Gasteiger partial charge in [0.1, 0.15) is 0 Å². The van der Waals surface area contributed by atoms with E-state index < -0.39 is 0 Å². The average molecular weight is 359 g/mol. The minimum atomic E-state index is -0.308. The molecule has 140 valence electrons. The standard InChI is InChI=1S/C19H25N3O4/c1-26-19(25)21-9-7-14(8-10-21)12-20-18(24)15-11-17(23)22(13-15)16-5-3-2-4-6-16/h2-6,14-15H,7-13H2,1H3,(H,20,24). The molecule has 1 aromatic rings. The van der Waals surface area contributed by atoms with Gasteiger partial charge in [0.2, 0.25) is 11.8 Å². The van der Waals surface area contributed by atoms with Crippen molar-refractivity contribution in [2.24, 2.45) is 11.8 Å². The second kappa shape index (κ2) is 8.21. The molecule has 0 radical (unpaired) electrons. The molecule has 3 rings (SSSR count). The van der Waals surface area contributed by atoms with Gasteiger partial charge in [-0.1, -0.05) is 18.2 Å². The van der Waals surface area contributed by atoms with Gasteiger partial charge in [0.25, 0.3) is 0 Å². The van der Waals surface area contributed by atoms with Crippen molar-refractivity contribution in [1.29, 1.82) is 0 Å². The predicted octanol–water partition coefficient (Wildman–Crippen LogP) is 1.63. The normalized spacial score (nSPS) is 21.0. The van der Waals surface area contributed by atoms with Crippen LogP contribution in [0.2, 0.25) is 0 Å². The molecule has 2 aliphatic rings. The summed E-state index contributed by atoms with van der Waals surface area (Å²) in [5, 5.41) is 2.99. The zero-order chi connectivity index (χ0) is 18.5. The van der Waals surface area contributed by atoms with Crippen LogP contribution < -0.4 is 10.2 Å². The molecule has 1 unspecified atom stereocenters. The lowest BCUT2D eigenvalue weighted by atomic mass is 9.96. The summed E-state index contributed by atoms with van der Waals surface area (Å²) in [6.45, 7) is 2.31. The molecule has 1 aromatic carbocycles. The fraction of sp³-hybridized carbons (Fsp3) is 0.526. The van der Waals surface area contributed by atoms with Gasteiger partial charge in [-0.05, 0) is 30.9 Å². The molecule has 1 atom stereocenters. The number of carbonyl (C=O) groups excluding carboxylic acids is 3. The van der Waals surface area contributed by atoms with Crippen LogP contribution in [0.3, 0.4) is 0 Å². The largest absolute Gasteiger partial charge is 0.453 e. The number of likely N-dealkylation sites (tertiary alicyclic amines) is 1. The summed E-state index contributed by atoms with van der Waals surface area (Å²) in [6, 6.07) is 9.44. The predicted molar refractivity (Wildman–Crippen MR) is 96.6 cm³/mol.